The summed E-state index contributed by atoms with van der Waals surface area (Å²) in [5, 5.41) is 2.84. The Hall–Kier alpha value is -3.22. The minimum Gasteiger partial charge on any atom is -0.462 e. The van der Waals surface area contributed by atoms with E-state index >= 15 is 0 Å². The van der Waals surface area contributed by atoms with Crippen molar-refractivity contribution in [3.63, 3.8) is 0 Å². The van der Waals surface area contributed by atoms with Crippen molar-refractivity contribution in [2.45, 2.75) is 19.8 Å². The number of ether oxygens (including phenoxy) is 1. The van der Waals surface area contributed by atoms with E-state index in [2.05, 4.69) is 5.32 Å². The Balaban J connectivity index is 1.55. The summed E-state index contributed by atoms with van der Waals surface area (Å²) in [4.78, 5) is 38.6. The van der Waals surface area contributed by atoms with Crippen molar-refractivity contribution in [2.24, 2.45) is 5.92 Å². The molecule has 0 aliphatic carbocycles. The highest BCUT2D eigenvalue weighted by Crippen LogP contribution is 2.22. The van der Waals surface area contributed by atoms with E-state index in [1.165, 1.54) is 24.3 Å². The summed E-state index contributed by atoms with van der Waals surface area (Å²) in [7, 11) is 0. The molecule has 1 aliphatic rings. The molecule has 2 aromatic rings. The van der Waals surface area contributed by atoms with Gasteiger partial charge in [-0.25, -0.2) is 9.18 Å². The van der Waals surface area contributed by atoms with Gasteiger partial charge in [0.15, 0.2) is 0 Å². The quantitative estimate of drug-likeness (QED) is 0.783. The first kappa shape index (κ1) is 20.5. The molecule has 2 amide bonds. The van der Waals surface area contributed by atoms with Crippen molar-refractivity contribution in [1.29, 1.82) is 0 Å². The van der Waals surface area contributed by atoms with Crippen LogP contribution in [-0.2, 0) is 9.53 Å². The Labute approximate surface area is 168 Å². The molecule has 29 heavy (non-hydrogen) atoms. The third-order valence-corrected chi connectivity index (χ3v) is 4.89. The van der Waals surface area contributed by atoms with E-state index in [0.29, 0.717) is 42.7 Å². The van der Waals surface area contributed by atoms with E-state index in [0.717, 1.165) is 0 Å². The summed E-state index contributed by atoms with van der Waals surface area (Å²) in [5.74, 6) is -1.34. The van der Waals surface area contributed by atoms with Crippen molar-refractivity contribution in [3.8, 4) is 0 Å². The lowest BCUT2D eigenvalue weighted by Crippen LogP contribution is -2.41. The summed E-state index contributed by atoms with van der Waals surface area (Å²) in [6.07, 6.45) is 1.08. The van der Waals surface area contributed by atoms with E-state index in [1.54, 1.807) is 36.1 Å². The number of hydrogen-bond acceptors (Lipinski definition) is 4. The number of benzene rings is 2. The lowest BCUT2D eigenvalue weighted by atomic mass is 9.95. The first-order valence-corrected chi connectivity index (χ1v) is 9.61. The van der Waals surface area contributed by atoms with E-state index in [9.17, 15) is 18.8 Å². The third kappa shape index (κ3) is 5.19. The fourth-order valence-electron chi connectivity index (χ4n) is 3.30. The van der Waals surface area contributed by atoms with E-state index < -0.39 is 5.97 Å². The van der Waals surface area contributed by atoms with Gasteiger partial charge in [0.2, 0.25) is 5.91 Å². The molecule has 1 aliphatic heterocycles. The molecule has 0 unspecified atom stereocenters. The highest BCUT2D eigenvalue weighted by molar-refractivity contribution is 5.96. The number of carbonyl (C=O) groups is 3. The number of piperidine rings is 1. The predicted octanol–water partition coefficient (Wildman–Crippen LogP) is 3.49. The highest BCUT2D eigenvalue weighted by atomic mass is 19.1. The smallest absolute Gasteiger partial charge is 0.338 e. The van der Waals surface area contributed by atoms with Crippen LogP contribution in [0.5, 0.6) is 0 Å². The number of amides is 2. The predicted molar refractivity (Wildman–Crippen MR) is 106 cm³/mol. The molecular formula is C22H23FN2O4. The SMILES string of the molecule is CCOC(=O)c1cccc(NC(=O)C2CCN(C(=O)c3ccc(F)cc3)CC2)c1. The Morgan fingerprint density at radius 3 is 2.41 bits per heavy atom. The number of esters is 1. The van der Waals surface area contributed by atoms with Gasteiger partial charge in [-0.05, 0) is 62.2 Å². The molecule has 0 saturated carbocycles. The lowest BCUT2D eigenvalue weighted by molar-refractivity contribution is -0.121. The molecule has 7 heteroatoms. The van der Waals surface area contributed by atoms with Crippen LogP contribution in [0.4, 0.5) is 10.1 Å². The number of halogens is 1. The van der Waals surface area contributed by atoms with Gasteiger partial charge in [-0.15, -0.1) is 0 Å². The monoisotopic (exact) mass is 398 g/mol. The fraction of sp³-hybridized carbons (Fsp3) is 0.318. The summed E-state index contributed by atoms with van der Waals surface area (Å²) in [6.45, 7) is 2.93. The molecule has 1 fully saturated rings. The molecule has 1 heterocycles. The first-order chi connectivity index (χ1) is 14.0. The summed E-state index contributed by atoms with van der Waals surface area (Å²) < 4.78 is 18.0. The van der Waals surface area contributed by atoms with Gasteiger partial charge >= 0.3 is 5.97 Å². The van der Waals surface area contributed by atoms with E-state index in [1.807, 2.05) is 0 Å². The van der Waals surface area contributed by atoms with Crippen LogP contribution in [0.3, 0.4) is 0 Å². The average Bonchev–Trinajstić information content (AvgIpc) is 2.74. The number of anilines is 1. The topological polar surface area (TPSA) is 75.7 Å². The summed E-state index contributed by atoms with van der Waals surface area (Å²) >= 11 is 0. The van der Waals surface area contributed by atoms with Crippen LogP contribution in [0.1, 0.15) is 40.5 Å². The zero-order valence-electron chi connectivity index (χ0n) is 16.2. The molecule has 6 nitrogen and oxygen atoms in total. The third-order valence-electron chi connectivity index (χ3n) is 4.89. The second-order valence-corrected chi connectivity index (χ2v) is 6.86. The molecule has 152 valence electrons. The average molecular weight is 398 g/mol. The summed E-state index contributed by atoms with van der Waals surface area (Å²) in [5.41, 5.74) is 1.35. The highest BCUT2D eigenvalue weighted by Gasteiger charge is 2.28. The number of carbonyl (C=O) groups excluding carboxylic acids is 3. The number of hydrogen-bond donors (Lipinski definition) is 1. The van der Waals surface area contributed by atoms with E-state index in [-0.39, 0.29) is 30.2 Å². The molecule has 2 aromatic carbocycles. The maximum atomic E-state index is 13.0. The van der Waals surface area contributed by atoms with Crippen molar-refractivity contribution >= 4 is 23.5 Å². The van der Waals surface area contributed by atoms with Crippen molar-refractivity contribution < 1.29 is 23.5 Å². The second-order valence-electron chi connectivity index (χ2n) is 6.86. The van der Waals surface area contributed by atoms with Gasteiger partial charge in [0.25, 0.3) is 5.91 Å². The van der Waals surface area contributed by atoms with Gasteiger partial charge in [0.1, 0.15) is 5.82 Å². The largest absolute Gasteiger partial charge is 0.462 e. The molecule has 0 bridgehead atoms. The van der Waals surface area contributed by atoms with Gasteiger partial charge in [-0.1, -0.05) is 6.07 Å². The molecule has 0 atom stereocenters. The number of nitrogens with one attached hydrogen (secondary N) is 1. The minimum atomic E-state index is -0.434. The zero-order chi connectivity index (χ0) is 20.8. The van der Waals surface area contributed by atoms with Gasteiger partial charge < -0.3 is 15.0 Å². The van der Waals surface area contributed by atoms with Crippen LogP contribution in [0.25, 0.3) is 0 Å². The lowest BCUT2D eigenvalue weighted by Gasteiger charge is -2.31. The van der Waals surface area contributed by atoms with Crippen molar-refractivity contribution in [2.75, 3.05) is 25.0 Å². The van der Waals surface area contributed by atoms with E-state index in [4.69, 9.17) is 4.74 Å². The zero-order valence-corrected chi connectivity index (χ0v) is 16.2. The van der Waals surface area contributed by atoms with Crippen LogP contribution >= 0.6 is 0 Å². The van der Waals surface area contributed by atoms with Crippen molar-refractivity contribution in [3.05, 3.63) is 65.5 Å². The first-order valence-electron chi connectivity index (χ1n) is 9.61. The van der Waals surface area contributed by atoms with Crippen molar-refractivity contribution in [1.82, 2.24) is 4.90 Å². The van der Waals surface area contributed by atoms with Gasteiger partial charge in [-0.3, -0.25) is 9.59 Å². The maximum absolute atomic E-state index is 13.0. The molecular weight excluding hydrogens is 375 g/mol. The molecule has 1 N–H and O–H groups in total. The van der Waals surface area contributed by atoms with Crippen LogP contribution in [0.15, 0.2) is 48.5 Å². The molecule has 0 spiro atoms. The Morgan fingerprint density at radius 1 is 1.07 bits per heavy atom. The molecule has 0 radical (unpaired) electrons. The number of likely N-dealkylation sites (tertiary alicyclic amines) is 1. The van der Waals surface area contributed by atoms with Crippen LogP contribution in [0, 0.1) is 11.7 Å². The normalized spacial score (nSPS) is 14.3. The van der Waals surface area contributed by atoms with Gasteiger partial charge in [-0.2, -0.15) is 0 Å². The summed E-state index contributed by atoms with van der Waals surface area (Å²) in [6, 6.07) is 12.1. The molecule has 1 saturated heterocycles. The number of rotatable bonds is 5. The molecule has 0 aromatic heterocycles. The fourth-order valence-corrected chi connectivity index (χ4v) is 3.30. The standard InChI is InChI=1S/C22H23FN2O4/c1-2-29-22(28)17-4-3-5-19(14-17)24-20(26)15-10-12-25(13-11-15)21(27)16-6-8-18(23)9-7-16/h3-9,14-15H,2,10-13H2,1H3,(H,24,26). The van der Waals surface area contributed by atoms with Gasteiger partial charge in [0, 0.05) is 30.3 Å². The Kier molecular flexibility index (Phi) is 6.59. The maximum Gasteiger partial charge on any atom is 0.338 e. The Bertz CT molecular complexity index is 890. The van der Waals surface area contributed by atoms with Crippen LogP contribution in [-0.4, -0.2) is 42.4 Å². The van der Waals surface area contributed by atoms with Crippen LogP contribution < -0.4 is 5.32 Å². The molecule has 3 rings (SSSR count). The minimum absolute atomic E-state index is 0.139. The van der Waals surface area contributed by atoms with Gasteiger partial charge in [0.05, 0.1) is 12.2 Å². The number of nitrogens with zero attached hydrogens (tertiary/aromatic N) is 1. The second kappa shape index (κ2) is 9.32. The van der Waals surface area contributed by atoms with Crippen LogP contribution in [0.2, 0.25) is 0 Å². The Morgan fingerprint density at radius 2 is 1.76 bits per heavy atom.